The van der Waals surface area contributed by atoms with Gasteiger partial charge >= 0.3 is 0 Å². The summed E-state index contributed by atoms with van der Waals surface area (Å²) in [4.78, 5) is 0. The van der Waals surface area contributed by atoms with Gasteiger partial charge < -0.3 is 14.8 Å². The van der Waals surface area contributed by atoms with Gasteiger partial charge in [-0.1, -0.05) is 0 Å². The third kappa shape index (κ3) is 2.20. The molecule has 0 saturated heterocycles. The predicted octanol–water partition coefficient (Wildman–Crippen LogP) is 0.778. The molecule has 0 spiro atoms. The van der Waals surface area contributed by atoms with E-state index < -0.39 is 0 Å². The lowest BCUT2D eigenvalue weighted by molar-refractivity contribution is -0.698. The van der Waals surface area contributed by atoms with E-state index in [4.69, 9.17) is 14.7 Å². The number of quaternary nitrogens is 1. The lowest BCUT2D eigenvalue weighted by Crippen LogP contribution is -2.87. The summed E-state index contributed by atoms with van der Waals surface area (Å²) in [5.41, 5.74) is 2.47. The molecule has 0 radical (unpaired) electrons. The first kappa shape index (κ1) is 11.7. The van der Waals surface area contributed by atoms with Crippen LogP contribution in [0.25, 0.3) is 0 Å². The van der Waals surface area contributed by atoms with Crippen LogP contribution in [-0.4, -0.2) is 20.8 Å². The van der Waals surface area contributed by atoms with Crippen LogP contribution < -0.4 is 14.8 Å². The van der Waals surface area contributed by atoms with E-state index in [1.807, 2.05) is 12.1 Å². The lowest BCUT2D eigenvalue weighted by Gasteiger charge is -2.23. The molecule has 1 heterocycles. The van der Waals surface area contributed by atoms with Gasteiger partial charge in [-0.25, -0.2) is 0 Å². The normalized spacial score (nSPS) is 18.1. The average molecular weight is 233 g/mol. The molecular formula is C13H17N2O2+. The Morgan fingerprint density at radius 2 is 2.06 bits per heavy atom. The van der Waals surface area contributed by atoms with Gasteiger partial charge in [0.25, 0.3) is 0 Å². The number of methoxy groups -OCH3 is 2. The molecule has 0 fully saturated rings. The number of nitriles is 1. The van der Waals surface area contributed by atoms with Crippen LogP contribution in [0.4, 0.5) is 0 Å². The minimum atomic E-state index is 0.226. The smallest absolute Gasteiger partial charge is 0.161 e. The first-order chi connectivity index (χ1) is 8.30. The van der Waals surface area contributed by atoms with E-state index in [0.717, 1.165) is 24.5 Å². The highest BCUT2D eigenvalue weighted by Crippen LogP contribution is 2.34. The lowest BCUT2D eigenvalue weighted by atomic mass is 9.92. The first-order valence-corrected chi connectivity index (χ1v) is 5.75. The zero-order valence-electron chi connectivity index (χ0n) is 10.2. The quantitative estimate of drug-likeness (QED) is 0.839. The molecule has 0 amide bonds. The average Bonchev–Trinajstić information content (AvgIpc) is 2.38. The number of nitrogens with two attached hydrogens (primary N) is 1. The molecule has 17 heavy (non-hydrogen) atoms. The van der Waals surface area contributed by atoms with E-state index in [1.54, 1.807) is 14.2 Å². The molecule has 0 saturated carbocycles. The van der Waals surface area contributed by atoms with E-state index >= 15 is 0 Å². The molecule has 2 N–H and O–H groups in total. The van der Waals surface area contributed by atoms with Gasteiger partial charge in [0, 0.05) is 12.0 Å². The van der Waals surface area contributed by atoms with Gasteiger partial charge in [0.05, 0.1) is 33.3 Å². The summed E-state index contributed by atoms with van der Waals surface area (Å²) in [7, 11) is 3.28. The number of rotatable bonds is 3. The monoisotopic (exact) mass is 233 g/mol. The largest absolute Gasteiger partial charge is 0.493 e. The van der Waals surface area contributed by atoms with Crippen molar-refractivity contribution >= 4 is 0 Å². The van der Waals surface area contributed by atoms with Crippen LogP contribution in [0.2, 0.25) is 0 Å². The molecule has 1 atom stereocenters. The van der Waals surface area contributed by atoms with Crippen LogP contribution in [0, 0.1) is 11.3 Å². The molecule has 0 aromatic heterocycles. The van der Waals surface area contributed by atoms with Crippen LogP contribution >= 0.6 is 0 Å². The highest BCUT2D eigenvalue weighted by Gasteiger charge is 2.25. The minimum Gasteiger partial charge on any atom is -0.493 e. The summed E-state index contributed by atoms with van der Waals surface area (Å²) < 4.78 is 10.6. The molecule has 0 aliphatic carbocycles. The van der Waals surface area contributed by atoms with Gasteiger partial charge in [-0.15, -0.1) is 0 Å². The zero-order chi connectivity index (χ0) is 12.3. The zero-order valence-corrected chi connectivity index (χ0v) is 10.2. The Hall–Kier alpha value is -1.73. The molecular weight excluding hydrogens is 216 g/mol. The molecule has 1 aliphatic heterocycles. The van der Waals surface area contributed by atoms with Gasteiger partial charge in [0.2, 0.25) is 0 Å². The van der Waals surface area contributed by atoms with Gasteiger partial charge in [-0.3, -0.25) is 0 Å². The van der Waals surface area contributed by atoms with Crippen molar-refractivity contribution in [3.63, 3.8) is 0 Å². The second-order valence-electron chi connectivity index (χ2n) is 4.15. The van der Waals surface area contributed by atoms with Gasteiger partial charge in [0.1, 0.15) is 6.04 Å². The van der Waals surface area contributed by atoms with Crippen molar-refractivity contribution < 1.29 is 14.8 Å². The molecule has 1 aliphatic rings. The Balaban J connectivity index is 2.44. The SMILES string of the molecule is COc1cc2c(cc1OC)[C@H](CC#N)[NH2+]CC2. The van der Waals surface area contributed by atoms with Gasteiger partial charge in [-0.05, 0) is 17.7 Å². The van der Waals surface area contributed by atoms with Crippen molar-refractivity contribution in [3.8, 4) is 17.6 Å². The highest BCUT2D eigenvalue weighted by molar-refractivity contribution is 5.48. The second-order valence-corrected chi connectivity index (χ2v) is 4.15. The summed E-state index contributed by atoms with van der Waals surface area (Å²) in [5.74, 6) is 1.51. The molecule has 0 unspecified atom stereocenters. The number of ether oxygens (including phenoxy) is 2. The molecule has 4 nitrogen and oxygen atoms in total. The van der Waals surface area contributed by atoms with Gasteiger partial charge in [0.15, 0.2) is 11.5 Å². The number of fused-ring (bicyclic) bond motifs is 1. The standard InChI is InChI=1S/C13H16N2O2/c1-16-12-7-9-4-6-15-11(3-5-14)10(9)8-13(12)17-2/h7-8,11,15H,3-4,6H2,1-2H3/p+1/t11-/m0/s1. The van der Waals surface area contributed by atoms with Crippen molar-refractivity contribution in [3.05, 3.63) is 23.3 Å². The fraction of sp³-hybridized carbons (Fsp3) is 0.462. The highest BCUT2D eigenvalue weighted by atomic mass is 16.5. The van der Waals surface area contributed by atoms with E-state index in [9.17, 15) is 0 Å². The fourth-order valence-electron chi connectivity index (χ4n) is 2.36. The third-order valence-electron chi connectivity index (χ3n) is 3.22. The predicted molar refractivity (Wildman–Crippen MR) is 63.0 cm³/mol. The Labute approximate surface area is 101 Å². The Morgan fingerprint density at radius 3 is 2.71 bits per heavy atom. The van der Waals surface area contributed by atoms with E-state index in [0.29, 0.717) is 6.42 Å². The van der Waals surface area contributed by atoms with Crippen LogP contribution in [0.3, 0.4) is 0 Å². The maximum absolute atomic E-state index is 8.85. The number of benzene rings is 1. The number of hydrogen-bond acceptors (Lipinski definition) is 3. The molecule has 1 aromatic rings. The molecule has 4 heteroatoms. The van der Waals surface area contributed by atoms with Crippen molar-refractivity contribution in [1.29, 1.82) is 5.26 Å². The summed E-state index contributed by atoms with van der Waals surface area (Å²) in [6.07, 6.45) is 1.54. The van der Waals surface area contributed by atoms with Crippen LogP contribution in [0.1, 0.15) is 23.6 Å². The summed E-state index contributed by atoms with van der Waals surface area (Å²) in [6.45, 7) is 1.02. The van der Waals surface area contributed by atoms with Crippen LogP contribution in [0.15, 0.2) is 12.1 Å². The second kappa shape index (κ2) is 5.07. The minimum absolute atomic E-state index is 0.226. The van der Waals surface area contributed by atoms with E-state index in [-0.39, 0.29) is 6.04 Å². The number of nitrogens with zero attached hydrogens (tertiary/aromatic N) is 1. The third-order valence-corrected chi connectivity index (χ3v) is 3.22. The van der Waals surface area contributed by atoms with E-state index in [1.165, 1.54) is 11.1 Å². The summed E-state index contributed by atoms with van der Waals surface area (Å²) in [6, 6.07) is 6.51. The molecule has 0 bridgehead atoms. The first-order valence-electron chi connectivity index (χ1n) is 5.75. The maximum Gasteiger partial charge on any atom is 0.161 e. The Bertz CT molecular complexity index is 451. The Morgan fingerprint density at radius 1 is 1.35 bits per heavy atom. The van der Waals surface area contributed by atoms with Crippen LogP contribution in [0.5, 0.6) is 11.5 Å². The van der Waals surface area contributed by atoms with Gasteiger partial charge in [-0.2, -0.15) is 5.26 Å². The van der Waals surface area contributed by atoms with Crippen molar-refractivity contribution in [2.75, 3.05) is 20.8 Å². The summed E-state index contributed by atoms with van der Waals surface area (Å²) in [5, 5.41) is 11.1. The van der Waals surface area contributed by atoms with Crippen molar-refractivity contribution in [1.82, 2.24) is 0 Å². The molecule has 1 aromatic carbocycles. The fourth-order valence-corrected chi connectivity index (χ4v) is 2.36. The maximum atomic E-state index is 8.85. The number of hydrogen-bond donors (Lipinski definition) is 1. The molecule has 2 rings (SSSR count). The molecule has 90 valence electrons. The van der Waals surface area contributed by atoms with Crippen molar-refractivity contribution in [2.24, 2.45) is 0 Å². The summed E-state index contributed by atoms with van der Waals surface area (Å²) >= 11 is 0. The van der Waals surface area contributed by atoms with E-state index in [2.05, 4.69) is 11.4 Å². The topological polar surface area (TPSA) is 58.9 Å². The van der Waals surface area contributed by atoms with Crippen molar-refractivity contribution in [2.45, 2.75) is 18.9 Å². The van der Waals surface area contributed by atoms with Crippen LogP contribution in [-0.2, 0) is 6.42 Å². The Kier molecular flexibility index (Phi) is 3.50.